The molecule has 0 spiro atoms. The zero-order valence-electron chi connectivity index (χ0n) is 27.0. The highest BCUT2D eigenvalue weighted by molar-refractivity contribution is 5.99. The second-order valence-corrected chi connectivity index (χ2v) is 13.6. The number of piperazine rings is 1. The van der Waals surface area contributed by atoms with E-state index in [9.17, 15) is 28.0 Å². The molecule has 46 heavy (non-hydrogen) atoms. The molecule has 1 saturated heterocycles. The highest BCUT2D eigenvalue weighted by Crippen LogP contribution is 2.51. The van der Waals surface area contributed by atoms with Crippen LogP contribution < -0.4 is 16.0 Å². The molecule has 3 saturated carbocycles. The fraction of sp³-hybridized carbons (Fsp3) is 0.697. The van der Waals surface area contributed by atoms with Crippen molar-refractivity contribution in [3.8, 4) is 0 Å². The Kier molecular flexibility index (Phi) is 10.3. The van der Waals surface area contributed by atoms with Crippen LogP contribution in [0.3, 0.4) is 0 Å². The summed E-state index contributed by atoms with van der Waals surface area (Å²) in [6.45, 7) is 3.54. The Labute approximate surface area is 268 Å². The lowest BCUT2D eigenvalue weighted by Crippen LogP contribution is -2.59. The Balaban J connectivity index is 1.33. The van der Waals surface area contributed by atoms with Crippen LogP contribution >= 0.6 is 0 Å². The number of hydrogen-bond acceptors (Lipinski definition) is 6. The van der Waals surface area contributed by atoms with E-state index in [4.69, 9.17) is 4.74 Å². The molecule has 1 aromatic carbocycles. The third-order valence-electron chi connectivity index (χ3n) is 10.2. The van der Waals surface area contributed by atoms with Gasteiger partial charge < -0.3 is 25.6 Å². The van der Waals surface area contributed by atoms with E-state index in [1.165, 1.54) is 24.1 Å². The minimum Gasteiger partial charge on any atom is -0.372 e. The molecule has 4 fully saturated rings. The number of carbonyl (C=O) groups excluding carboxylic acids is 4. The summed E-state index contributed by atoms with van der Waals surface area (Å²) < 4.78 is 49.0. The Morgan fingerprint density at radius 3 is 2.20 bits per heavy atom. The predicted octanol–water partition coefficient (Wildman–Crippen LogP) is 2.92. The molecule has 4 aliphatic rings. The standard InChI is InChI=1S/C33H46F3N5O5/c1-18(27(38-29(42)19(2)46-4)31(44)41-14-13-40(3)23(16-34)17-41)22-9-10-25(24(35)15-22)37-30(43)28(39-32(45)33(36)11-12-33)26(20-5-6-20)21-7-8-21/h9-10,15,18-21,23,26-28H,5-8,11-14,16-17H2,1-4H3,(H,37,43)(H,38,42)(H,39,45)/t18-,19-,23-,27+,28-/m0/s1. The molecule has 254 valence electrons. The maximum Gasteiger partial charge on any atom is 0.258 e. The number of nitrogens with zero attached hydrogens (tertiary/aromatic N) is 2. The van der Waals surface area contributed by atoms with Gasteiger partial charge in [0.1, 0.15) is 30.7 Å². The fourth-order valence-electron chi connectivity index (χ4n) is 6.44. The number of amides is 4. The lowest BCUT2D eigenvalue weighted by Gasteiger charge is -2.40. The van der Waals surface area contributed by atoms with Crippen molar-refractivity contribution < 1.29 is 37.1 Å². The van der Waals surface area contributed by atoms with Crippen molar-refractivity contribution in [3.63, 3.8) is 0 Å². The van der Waals surface area contributed by atoms with Crippen LogP contribution in [0.4, 0.5) is 18.9 Å². The first kappa shape index (κ1) is 34.2. The van der Waals surface area contributed by atoms with Gasteiger partial charge in [-0.25, -0.2) is 13.2 Å². The van der Waals surface area contributed by atoms with E-state index in [2.05, 4.69) is 16.0 Å². The zero-order chi connectivity index (χ0) is 33.3. The quantitative estimate of drug-likeness (QED) is 0.285. The van der Waals surface area contributed by atoms with Crippen LogP contribution in [0.2, 0.25) is 0 Å². The number of anilines is 1. The van der Waals surface area contributed by atoms with Crippen molar-refractivity contribution in [2.45, 2.75) is 88.2 Å². The van der Waals surface area contributed by atoms with Crippen LogP contribution in [0.5, 0.6) is 0 Å². The number of benzene rings is 1. The van der Waals surface area contributed by atoms with Gasteiger partial charge in [0.15, 0.2) is 5.67 Å². The van der Waals surface area contributed by atoms with E-state index < -0.39 is 71.9 Å². The molecule has 0 radical (unpaired) electrons. The monoisotopic (exact) mass is 649 g/mol. The predicted molar refractivity (Wildman–Crippen MR) is 165 cm³/mol. The molecule has 3 aliphatic carbocycles. The van der Waals surface area contributed by atoms with E-state index in [-0.39, 0.29) is 42.8 Å². The van der Waals surface area contributed by atoms with Gasteiger partial charge in [-0.05, 0) is 87.9 Å². The minimum absolute atomic E-state index is 0.114. The van der Waals surface area contributed by atoms with E-state index in [1.807, 2.05) is 4.90 Å². The average Bonchev–Trinajstić information content (AvgIpc) is 3.89. The normalized spacial score (nSPS) is 23.7. The van der Waals surface area contributed by atoms with Gasteiger partial charge in [-0.15, -0.1) is 0 Å². The summed E-state index contributed by atoms with van der Waals surface area (Å²) in [5.74, 6) is -3.40. The number of nitrogens with one attached hydrogen (secondary N) is 3. The van der Waals surface area contributed by atoms with Gasteiger partial charge in [0, 0.05) is 32.7 Å². The molecule has 13 heteroatoms. The molecular formula is C33H46F3N5O5. The number of methoxy groups -OCH3 is 1. The molecule has 0 bridgehead atoms. The molecule has 10 nitrogen and oxygen atoms in total. The Bertz CT molecular complexity index is 1310. The molecule has 5 atom stereocenters. The average molecular weight is 650 g/mol. The summed E-state index contributed by atoms with van der Waals surface area (Å²) in [6, 6.07) is 1.60. The van der Waals surface area contributed by atoms with Crippen LogP contribution in [-0.4, -0.2) is 104 Å². The lowest BCUT2D eigenvalue weighted by molar-refractivity contribution is -0.141. The van der Waals surface area contributed by atoms with Crippen molar-refractivity contribution in [2.75, 3.05) is 45.8 Å². The second-order valence-electron chi connectivity index (χ2n) is 13.6. The van der Waals surface area contributed by atoms with Crippen LogP contribution in [0, 0.1) is 23.6 Å². The number of rotatable bonds is 14. The summed E-state index contributed by atoms with van der Waals surface area (Å²) in [5.41, 5.74) is -1.67. The van der Waals surface area contributed by atoms with Crippen molar-refractivity contribution in [1.29, 1.82) is 0 Å². The number of halogens is 3. The van der Waals surface area contributed by atoms with Gasteiger partial charge in [0.05, 0.1) is 11.7 Å². The molecule has 1 aliphatic heterocycles. The van der Waals surface area contributed by atoms with Crippen molar-refractivity contribution in [2.24, 2.45) is 17.8 Å². The van der Waals surface area contributed by atoms with Gasteiger partial charge in [0.25, 0.3) is 5.91 Å². The second kappa shape index (κ2) is 13.9. The van der Waals surface area contributed by atoms with Gasteiger partial charge in [-0.1, -0.05) is 13.0 Å². The van der Waals surface area contributed by atoms with E-state index >= 15 is 4.39 Å². The summed E-state index contributed by atoms with van der Waals surface area (Å²) in [5, 5.41) is 8.03. The topological polar surface area (TPSA) is 120 Å². The Hall–Kier alpha value is -3.19. The highest BCUT2D eigenvalue weighted by Gasteiger charge is 2.54. The van der Waals surface area contributed by atoms with Gasteiger partial charge >= 0.3 is 0 Å². The Morgan fingerprint density at radius 1 is 1.00 bits per heavy atom. The third kappa shape index (κ3) is 7.67. The molecule has 1 heterocycles. The molecule has 5 rings (SSSR count). The van der Waals surface area contributed by atoms with Crippen molar-refractivity contribution >= 4 is 29.3 Å². The highest BCUT2D eigenvalue weighted by atomic mass is 19.1. The number of carbonyl (C=O) groups is 4. The number of hydrogen-bond donors (Lipinski definition) is 3. The fourth-order valence-corrected chi connectivity index (χ4v) is 6.44. The largest absolute Gasteiger partial charge is 0.372 e. The zero-order valence-corrected chi connectivity index (χ0v) is 27.0. The number of ether oxygens (including phenoxy) is 1. The smallest absolute Gasteiger partial charge is 0.258 e. The molecule has 1 aromatic rings. The molecule has 4 amide bonds. The minimum atomic E-state index is -1.94. The first-order valence-electron chi connectivity index (χ1n) is 16.3. The third-order valence-corrected chi connectivity index (χ3v) is 10.2. The maximum absolute atomic E-state index is 15.6. The maximum atomic E-state index is 15.6. The van der Waals surface area contributed by atoms with E-state index in [0.29, 0.717) is 18.7 Å². The summed E-state index contributed by atoms with van der Waals surface area (Å²) >= 11 is 0. The van der Waals surface area contributed by atoms with E-state index in [0.717, 1.165) is 25.7 Å². The van der Waals surface area contributed by atoms with Gasteiger partial charge in [-0.2, -0.15) is 0 Å². The summed E-state index contributed by atoms with van der Waals surface area (Å²) in [7, 11) is 3.16. The molecular weight excluding hydrogens is 603 g/mol. The number of alkyl halides is 2. The molecule has 0 unspecified atom stereocenters. The van der Waals surface area contributed by atoms with Gasteiger partial charge in [-0.3, -0.25) is 24.1 Å². The Morgan fingerprint density at radius 2 is 1.65 bits per heavy atom. The first-order valence-corrected chi connectivity index (χ1v) is 16.3. The first-order chi connectivity index (χ1) is 21.9. The summed E-state index contributed by atoms with van der Waals surface area (Å²) in [4.78, 5) is 56.2. The SMILES string of the molecule is CO[C@@H](C)C(=O)N[C@@H](C(=O)N1CCN(C)[C@@H](CF)C1)[C@@H](C)c1ccc(NC(=O)[C@@H](NC(=O)C2(F)CC2)C(C2CC2)C2CC2)c(F)c1. The number of likely N-dealkylation sites (N-methyl/N-ethyl adjacent to an activating group) is 1. The van der Waals surface area contributed by atoms with Crippen molar-refractivity contribution in [3.05, 3.63) is 29.6 Å². The van der Waals surface area contributed by atoms with E-state index in [1.54, 1.807) is 27.0 Å². The van der Waals surface area contributed by atoms with Crippen LogP contribution in [0.1, 0.15) is 63.9 Å². The van der Waals surface area contributed by atoms with Gasteiger partial charge in [0.2, 0.25) is 17.7 Å². The summed E-state index contributed by atoms with van der Waals surface area (Å²) in [6.07, 6.45) is 3.14. The van der Waals surface area contributed by atoms with Crippen molar-refractivity contribution in [1.82, 2.24) is 20.4 Å². The van der Waals surface area contributed by atoms with Crippen LogP contribution in [0.15, 0.2) is 18.2 Å². The van der Waals surface area contributed by atoms with Crippen LogP contribution in [-0.2, 0) is 23.9 Å². The lowest BCUT2D eigenvalue weighted by atomic mass is 9.88. The van der Waals surface area contributed by atoms with Crippen LogP contribution in [0.25, 0.3) is 0 Å². The molecule has 3 N–H and O–H groups in total. The molecule has 0 aromatic heterocycles.